The summed E-state index contributed by atoms with van der Waals surface area (Å²) in [6.45, 7) is 0.419. The van der Waals surface area contributed by atoms with E-state index < -0.39 is 0 Å². The predicted molar refractivity (Wildman–Crippen MR) is 65.3 cm³/mol. The molecule has 1 amide bonds. The molecule has 0 fully saturated rings. The largest absolute Gasteiger partial charge is 0.309 e. The van der Waals surface area contributed by atoms with Crippen LogP contribution in [0.15, 0.2) is 19.0 Å². The molecule has 1 N–H and O–H groups in total. The van der Waals surface area contributed by atoms with E-state index in [0.29, 0.717) is 6.54 Å². The molecule has 0 aromatic carbocycles. The lowest BCUT2D eigenvalue weighted by atomic mass is 10.4. The zero-order chi connectivity index (χ0) is 13.0. The van der Waals surface area contributed by atoms with Crippen molar-refractivity contribution in [3.05, 3.63) is 29.2 Å². The molecular weight excluding hydrogens is 279 g/mol. The van der Waals surface area contributed by atoms with E-state index in [9.17, 15) is 4.79 Å². The first-order valence-electron chi connectivity index (χ1n) is 4.95. The van der Waals surface area contributed by atoms with Gasteiger partial charge in [0.05, 0.1) is 6.54 Å². The summed E-state index contributed by atoms with van der Waals surface area (Å²) in [6, 6.07) is 0. The number of halogens is 2. The Labute approximate surface area is 112 Å². The number of nitrogens with zero attached hydrogens (tertiary/aromatic N) is 5. The molecule has 2 heterocycles. The lowest BCUT2D eigenvalue weighted by Crippen LogP contribution is -2.16. The average molecular weight is 287 g/mol. The van der Waals surface area contributed by atoms with Crippen LogP contribution in [0.2, 0.25) is 10.2 Å². The highest BCUT2D eigenvalue weighted by atomic mass is 35.5. The SMILES string of the molecule is O=C(CCn1cncn1)Nc1ncnc(Cl)c1Cl. The summed E-state index contributed by atoms with van der Waals surface area (Å²) in [7, 11) is 0. The molecule has 0 bridgehead atoms. The maximum absolute atomic E-state index is 11.6. The number of rotatable bonds is 4. The molecule has 2 rings (SSSR count). The third-order valence-electron chi connectivity index (χ3n) is 2.04. The first kappa shape index (κ1) is 12.7. The summed E-state index contributed by atoms with van der Waals surface area (Å²) in [5.41, 5.74) is 0. The van der Waals surface area contributed by atoms with Gasteiger partial charge in [-0.3, -0.25) is 9.48 Å². The Balaban J connectivity index is 1.93. The molecule has 0 saturated carbocycles. The van der Waals surface area contributed by atoms with Gasteiger partial charge in [-0.15, -0.1) is 0 Å². The number of carbonyl (C=O) groups excluding carboxylic acids is 1. The topological polar surface area (TPSA) is 85.6 Å². The second kappa shape index (κ2) is 5.74. The van der Waals surface area contributed by atoms with Crippen LogP contribution < -0.4 is 5.32 Å². The molecule has 9 heteroatoms. The molecule has 0 atom stereocenters. The number of anilines is 1. The molecule has 2 aromatic rings. The van der Waals surface area contributed by atoms with Crippen molar-refractivity contribution in [3.8, 4) is 0 Å². The highest BCUT2D eigenvalue weighted by Crippen LogP contribution is 2.25. The second-order valence-electron chi connectivity index (χ2n) is 3.28. The fourth-order valence-electron chi connectivity index (χ4n) is 1.19. The second-order valence-corrected chi connectivity index (χ2v) is 4.02. The van der Waals surface area contributed by atoms with Gasteiger partial charge in [-0.1, -0.05) is 23.2 Å². The summed E-state index contributed by atoms with van der Waals surface area (Å²) >= 11 is 11.5. The average Bonchev–Trinajstić information content (AvgIpc) is 2.86. The molecule has 2 aromatic heterocycles. The van der Waals surface area contributed by atoms with E-state index in [0.717, 1.165) is 0 Å². The molecule has 0 saturated heterocycles. The van der Waals surface area contributed by atoms with Crippen LogP contribution in [0, 0.1) is 0 Å². The number of aryl methyl sites for hydroxylation is 1. The molecule has 18 heavy (non-hydrogen) atoms. The third kappa shape index (κ3) is 3.14. The first-order chi connectivity index (χ1) is 8.66. The third-order valence-corrected chi connectivity index (χ3v) is 2.78. The summed E-state index contributed by atoms with van der Waals surface area (Å²) < 4.78 is 1.55. The van der Waals surface area contributed by atoms with E-state index >= 15 is 0 Å². The van der Waals surface area contributed by atoms with E-state index in [2.05, 4.69) is 25.4 Å². The molecule has 0 radical (unpaired) electrons. The van der Waals surface area contributed by atoms with Crippen LogP contribution >= 0.6 is 23.2 Å². The molecule has 7 nitrogen and oxygen atoms in total. The van der Waals surface area contributed by atoms with Crippen molar-refractivity contribution >= 4 is 34.9 Å². The van der Waals surface area contributed by atoms with Gasteiger partial charge in [-0.05, 0) is 0 Å². The normalized spacial score (nSPS) is 10.3. The number of hydrogen-bond acceptors (Lipinski definition) is 5. The summed E-state index contributed by atoms with van der Waals surface area (Å²) in [5, 5.41) is 6.64. The fraction of sp³-hybridized carbons (Fsp3) is 0.222. The Morgan fingerprint density at radius 3 is 2.89 bits per heavy atom. The van der Waals surface area contributed by atoms with Gasteiger partial charge >= 0.3 is 0 Å². The van der Waals surface area contributed by atoms with Crippen molar-refractivity contribution in [2.24, 2.45) is 0 Å². The number of aromatic nitrogens is 5. The van der Waals surface area contributed by atoms with Gasteiger partial charge < -0.3 is 5.32 Å². The van der Waals surface area contributed by atoms with E-state index in [1.165, 1.54) is 19.0 Å². The summed E-state index contributed by atoms with van der Waals surface area (Å²) in [5.74, 6) is -0.0533. The Morgan fingerprint density at radius 1 is 1.33 bits per heavy atom. The number of hydrogen-bond donors (Lipinski definition) is 1. The standard InChI is InChI=1S/C9H8Cl2N6O/c10-7-8(11)13-4-14-9(7)16-6(18)1-2-17-5-12-3-15-17/h3-5H,1-2H2,(H,13,14,16,18). The highest BCUT2D eigenvalue weighted by molar-refractivity contribution is 6.42. The fourth-order valence-corrected chi connectivity index (χ4v) is 1.47. The minimum atomic E-state index is -0.248. The Bertz CT molecular complexity index is 544. The minimum Gasteiger partial charge on any atom is -0.309 e. The molecule has 94 valence electrons. The van der Waals surface area contributed by atoms with Gasteiger partial charge in [0, 0.05) is 6.42 Å². The summed E-state index contributed by atoms with van der Waals surface area (Å²) in [4.78, 5) is 22.9. The zero-order valence-corrected chi connectivity index (χ0v) is 10.6. The molecule has 0 aliphatic rings. The molecular formula is C9H8Cl2N6O. The van der Waals surface area contributed by atoms with Crippen molar-refractivity contribution in [2.45, 2.75) is 13.0 Å². The van der Waals surface area contributed by atoms with E-state index in [1.54, 1.807) is 4.68 Å². The van der Waals surface area contributed by atoms with Crippen LogP contribution in [0.4, 0.5) is 5.82 Å². The van der Waals surface area contributed by atoms with Crippen molar-refractivity contribution < 1.29 is 4.79 Å². The Hall–Kier alpha value is -1.73. The predicted octanol–water partition coefficient (Wildman–Crippen LogP) is 1.40. The quantitative estimate of drug-likeness (QED) is 0.859. The number of amides is 1. The summed E-state index contributed by atoms with van der Waals surface area (Å²) in [6.07, 6.45) is 4.38. The molecule has 0 spiro atoms. The monoisotopic (exact) mass is 286 g/mol. The van der Waals surface area contributed by atoms with Crippen LogP contribution in [0.5, 0.6) is 0 Å². The Kier molecular flexibility index (Phi) is 4.06. The van der Waals surface area contributed by atoms with Gasteiger partial charge in [-0.25, -0.2) is 15.0 Å². The smallest absolute Gasteiger partial charge is 0.227 e. The van der Waals surface area contributed by atoms with Gasteiger partial charge in [0.1, 0.15) is 24.0 Å². The molecule has 0 aliphatic heterocycles. The Morgan fingerprint density at radius 2 is 2.17 bits per heavy atom. The van der Waals surface area contributed by atoms with E-state index in [1.807, 2.05) is 0 Å². The highest BCUT2D eigenvalue weighted by Gasteiger charge is 2.10. The van der Waals surface area contributed by atoms with Crippen molar-refractivity contribution in [3.63, 3.8) is 0 Å². The molecule has 0 unspecified atom stereocenters. The maximum atomic E-state index is 11.6. The van der Waals surface area contributed by atoms with Crippen LogP contribution in [-0.2, 0) is 11.3 Å². The maximum Gasteiger partial charge on any atom is 0.227 e. The van der Waals surface area contributed by atoms with Crippen LogP contribution in [0.25, 0.3) is 0 Å². The van der Waals surface area contributed by atoms with Crippen LogP contribution in [0.1, 0.15) is 6.42 Å². The lowest BCUT2D eigenvalue weighted by Gasteiger charge is -2.06. The lowest BCUT2D eigenvalue weighted by molar-refractivity contribution is -0.116. The first-order valence-corrected chi connectivity index (χ1v) is 5.70. The van der Waals surface area contributed by atoms with Gasteiger partial charge in [0.25, 0.3) is 0 Å². The van der Waals surface area contributed by atoms with Crippen molar-refractivity contribution in [2.75, 3.05) is 5.32 Å². The minimum absolute atomic E-state index is 0.0956. The van der Waals surface area contributed by atoms with Gasteiger partial charge in [-0.2, -0.15) is 5.10 Å². The van der Waals surface area contributed by atoms with Crippen LogP contribution in [-0.4, -0.2) is 30.6 Å². The van der Waals surface area contributed by atoms with E-state index in [-0.39, 0.29) is 28.3 Å². The number of carbonyl (C=O) groups is 1. The van der Waals surface area contributed by atoms with Crippen molar-refractivity contribution in [1.29, 1.82) is 0 Å². The molecule has 0 aliphatic carbocycles. The van der Waals surface area contributed by atoms with Crippen LogP contribution in [0.3, 0.4) is 0 Å². The van der Waals surface area contributed by atoms with E-state index in [4.69, 9.17) is 23.2 Å². The van der Waals surface area contributed by atoms with Gasteiger partial charge in [0.2, 0.25) is 5.91 Å². The van der Waals surface area contributed by atoms with Crippen molar-refractivity contribution in [1.82, 2.24) is 24.7 Å². The zero-order valence-electron chi connectivity index (χ0n) is 9.05. The van der Waals surface area contributed by atoms with Gasteiger partial charge in [0.15, 0.2) is 11.0 Å². The number of nitrogens with one attached hydrogen (secondary N) is 1.